The number of nitrogens with one attached hydrogen (secondary N) is 2. The number of hydrazine groups is 2. The Hall–Kier alpha value is 0.645. The predicted octanol–water partition coefficient (Wildman–Crippen LogP) is -7.44. The third-order valence-corrected chi connectivity index (χ3v) is 5.95. The molecule has 60 valence electrons. The molecule has 0 spiro atoms. The fourth-order valence-electron chi connectivity index (χ4n) is 0.972. The van der Waals surface area contributed by atoms with E-state index in [1.807, 2.05) is 0 Å². The Balaban J connectivity index is 2.32. The molecular weight excluding hydrogens is 187 g/mol. The van der Waals surface area contributed by atoms with E-state index in [1.54, 1.807) is 0 Å². The van der Waals surface area contributed by atoms with Crippen molar-refractivity contribution < 1.29 is 0 Å². The molecule has 5 nitrogen and oxygen atoms in total. The molecule has 11 heavy (non-hydrogen) atoms. The molecule has 0 radical (unpaired) electrons. The van der Waals surface area contributed by atoms with E-state index < -0.39 is 0 Å². The highest BCUT2D eigenvalue weighted by molar-refractivity contribution is 6.65. The molecule has 2 N–H and O–H groups in total. The van der Waals surface area contributed by atoms with Gasteiger partial charge >= 0.3 is 0 Å². The Morgan fingerprint density at radius 3 is 2.09 bits per heavy atom. The lowest BCUT2D eigenvalue weighted by atomic mass is 9.83. The molecule has 1 aliphatic rings. The number of hydrogen-bond donors (Lipinski definition) is 2. The summed E-state index contributed by atoms with van der Waals surface area (Å²) in [7, 11) is 6.28. The maximum Gasteiger partial charge on any atom is 0.282 e. The predicted molar refractivity (Wildman–Crippen MR) is 63.1 cm³/mol. The molecule has 1 aliphatic heterocycles. The van der Waals surface area contributed by atoms with Gasteiger partial charge in [0.05, 0.1) is 20.8 Å². The van der Waals surface area contributed by atoms with Crippen LogP contribution in [0.4, 0.5) is 0 Å². The van der Waals surface area contributed by atoms with Crippen LogP contribution in [-0.2, 0) is 0 Å². The first-order chi connectivity index (χ1) is 5.22. The second-order valence-electron chi connectivity index (χ2n) is 2.84. The standard InChI is InChI=1S/B3H14N5Si3/c9-7(8(10)11)6-2-4-1-5-3-6/h1-5H,9-11H3. The molecule has 1 fully saturated rings. The lowest BCUT2D eigenvalue weighted by Crippen LogP contribution is -2.65. The van der Waals surface area contributed by atoms with E-state index in [-0.39, 0.29) is 0 Å². The van der Waals surface area contributed by atoms with E-state index in [0.717, 1.165) is 53.9 Å². The summed E-state index contributed by atoms with van der Waals surface area (Å²) in [5.41, 5.74) is 0. The highest BCUT2D eigenvalue weighted by Crippen LogP contribution is 1.89. The van der Waals surface area contributed by atoms with Gasteiger partial charge in [-0.3, -0.25) is 9.17 Å². The van der Waals surface area contributed by atoms with Crippen molar-refractivity contribution in [1.29, 1.82) is 0 Å². The Morgan fingerprint density at radius 1 is 1.09 bits per heavy atom. The van der Waals surface area contributed by atoms with Crippen LogP contribution in [0.25, 0.3) is 0 Å². The third-order valence-electron chi connectivity index (χ3n) is 1.83. The maximum absolute atomic E-state index is 3.27. The molecule has 11 heteroatoms. The minimum atomic E-state index is 0.939. The normalized spacial score (nSPS) is 20.2. The molecule has 0 saturated carbocycles. The fraction of sp³-hybridized carbons (Fsp3) is 0. The van der Waals surface area contributed by atoms with Crippen molar-refractivity contribution in [2.24, 2.45) is 0 Å². The van der Waals surface area contributed by atoms with Crippen molar-refractivity contribution in [2.45, 2.75) is 0 Å². The van der Waals surface area contributed by atoms with Crippen LogP contribution in [0.15, 0.2) is 0 Å². The Bertz CT molecular complexity index is 116. The highest BCUT2D eigenvalue weighted by Gasteiger charge is 2.17. The zero-order chi connectivity index (χ0) is 8.27. The van der Waals surface area contributed by atoms with Gasteiger partial charge in [0.25, 0.3) is 22.6 Å². The van der Waals surface area contributed by atoms with Gasteiger partial charge in [0, 0.05) is 0 Å². The van der Waals surface area contributed by atoms with Crippen molar-refractivity contribution in [3.8, 4) is 0 Å². The van der Waals surface area contributed by atoms with Gasteiger partial charge in [0.1, 0.15) is 10.4 Å². The summed E-state index contributed by atoms with van der Waals surface area (Å²) in [4.78, 5) is 4.63. The molecule has 0 amide bonds. The third kappa shape index (κ3) is 2.87. The molecule has 0 aromatic carbocycles. The first-order valence-corrected chi connectivity index (χ1v) is 6.47. The summed E-state index contributed by atoms with van der Waals surface area (Å²) in [6.45, 7) is 0. The van der Waals surface area contributed by atoms with E-state index in [4.69, 9.17) is 0 Å². The quantitative estimate of drug-likeness (QED) is 0.342. The second-order valence-corrected chi connectivity index (χ2v) is 8.01. The van der Waals surface area contributed by atoms with Gasteiger partial charge in [0.2, 0.25) is 0 Å². The molecule has 1 rings (SSSR count). The fourth-order valence-corrected chi connectivity index (χ4v) is 1.76. The van der Waals surface area contributed by atoms with Crippen molar-refractivity contribution >= 4 is 53.9 Å². The van der Waals surface area contributed by atoms with E-state index in [0.29, 0.717) is 0 Å². The van der Waals surface area contributed by atoms with Crippen LogP contribution in [0.2, 0.25) is 0 Å². The maximum atomic E-state index is 3.27. The summed E-state index contributed by atoms with van der Waals surface area (Å²) < 4.78 is 2.38. The van der Waals surface area contributed by atoms with Gasteiger partial charge in [-0.2, -0.15) is 0 Å². The molecule has 0 aromatic rings. The van der Waals surface area contributed by atoms with Crippen molar-refractivity contribution in [3.63, 3.8) is 0 Å². The molecule has 0 unspecified atom stereocenters. The summed E-state index contributed by atoms with van der Waals surface area (Å²) in [5, 5.41) is 6.54. The van der Waals surface area contributed by atoms with E-state index in [2.05, 4.69) is 24.2 Å². The Labute approximate surface area is 78.5 Å². The first-order valence-electron chi connectivity index (χ1n) is 3.79. The van der Waals surface area contributed by atoms with Crippen LogP contribution in [0.5, 0.6) is 0 Å². The smallest absolute Gasteiger partial charge is 0.282 e. The first kappa shape index (κ1) is 9.73. The SMILES string of the molecule is [SiH3]N([SiH3])N([SiH3])N1BNBNB1. The highest BCUT2D eigenvalue weighted by atomic mass is 28.2. The molecule has 1 heterocycles. The topological polar surface area (TPSA) is 33.8 Å². The molecule has 0 aromatic heterocycles. The zero-order valence-electron chi connectivity index (χ0n) is 7.46. The van der Waals surface area contributed by atoms with E-state index in [1.165, 1.54) is 0 Å². The molecule has 0 atom stereocenters. The minimum absolute atomic E-state index is 0.939. The van der Waals surface area contributed by atoms with Gasteiger partial charge in [-0.1, -0.05) is 0 Å². The average Bonchev–Trinajstić information content (AvgIpc) is 2.05. The monoisotopic (exact) mass is 201 g/mol. The molecule has 0 bridgehead atoms. The van der Waals surface area contributed by atoms with Crippen LogP contribution in [0, 0.1) is 0 Å². The van der Waals surface area contributed by atoms with Gasteiger partial charge < -0.3 is 10.3 Å². The summed E-state index contributed by atoms with van der Waals surface area (Å²) in [6, 6.07) is 0. The number of rotatable bonds is 2. The summed E-state index contributed by atoms with van der Waals surface area (Å²) in [5.74, 6) is 0. The molecule has 0 aliphatic carbocycles. The van der Waals surface area contributed by atoms with Crippen molar-refractivity contribution in [3.05, 3.63) is 0 Å². The second kappa shape index (κ2) is 4.62. The van der Waals surface area contributed by atoms with Crippen molar-refractivity contribution in [2.75, 3.05) is 0 Å². The lowest BCUT2D eigenvalue weighted by Gasteiger charge is -2.39. The van der Waals surface area contributed by atoms with Gasteiger partial charge in [0.15, 0.2) is 0 Å². The summed E-state index contributed by atoms with van der Waals surface area (Å²) in [6.07, 6.45) is 0. The Morgan fingerprint density at radius 2 is 1.64 bits per heavy atom. The summed E-state index contributed by atoms with van der Waals surface area (Å²) >= 11 is 0. The van der Waals surface area contributed by atoms with Crippen LogP contribution < -0.4 is 10.3 Å². The van der Waals surface area contributed by atoms with E-state index >= 15 is 0 Å². The van der Waals surface area contributed by atoms with Crippen LogP contribution in [-0.4, -0.2) is 67.8 Å². The zero-order valence-corrected chi connectivity index (χ0v) is 13.5. The van der Waals surface area contributed by atoms with Gasteiger partial charge in [-0.15, -0.1) is 0 Å². The lowest BCUT2D eigenvalue weighted by molar-refractivity contribution is 0.144. The molecular formula is H14B3N5Si3. The van der Waals surface area contributed by atoms with Crippen molar-refractivity contribution in [1.82, 2.24) is 24.2 Å². The number of nitrogens with zero attached hydrogens (tertiary/aromatic N) is 3. The van der Waals surface area contributed by atoms with Gasteiger partial charge in [-0.05, 0) is 0 Å². The largest absolute Gasteiger partial charge is 0.377 e. The Kier molecular flexibility index (Phi) is 4.08. The van der Waals surface area contributed by atoms with E-state index in [9.17, 15) is 0 Å². The number of hydrogen-bond acceptors (Lipinski definition) is 5. The minimum Gasteiger partial charge on any atom is -0.377 e. The molecule has 1 saturated heterocycles. The average molecular weight is 201 g/mol. The van der Waals surface area contributed by atoms with Gasteiger partial charge in [-0.25, -0.2) is 4.78 Å². The van der Waals surface area contributed by atoms with Crippen LogP contribution in [0.1, 0.15) is 0 Å². The van der Waals surface area contributed by atoms with Crippen LogP contribution in [0.3, 0.4) is 0 Å². The van der Waals surface area contributed by atoms with Crippen LogP contribution >= 0.6 is 0 Å².